The zero-order valence-electron chi connectivity index (χ0n) is 7.52. The van der Waals surface area contributed by atoms with Crippen molar-refractivity contribution in [1.29, 1.82) is 0 Å². The highest BCUT2D eigenvalue weighted by molar-refractivity contribution is 7.42. The number of carbonyl (C=O) groups is 2. The summed E-state index contributed by atoms with van der Waals surface area (Å²) in [4.78, 5) is 21.4. The van der Waals surface area contributed by atoms with E-state index in [2.05, 4.69) is 4.74 Å². The molecule has 1 rings (SSSR count). The van der Waals surface area contributed by atoms with Gasteiger partial charge in [0.1, 0.15) is 12.4 Å². The van der Waals surface area contributed by atoms with Crippen LogP contribution >= 0.6 is 7.95 Å². The number of rotatable bonds is 4. The molecule has 0 aromatic rings. The van der Waals surface area contributed by atoms with E-state index in [1.807, 2.05) is 5.32 Å². The Morgan fingerprint density at radius 2 is 2.50 bits per heavy atom. The molecule has 1 saturated heterocycles. The molecule has 14 heavy (non-hydrogen) atoms. The Hall–Kier alpha value is -1.07. The Balaban J connectivity index is 2.40. The molecule has 8 heteroatoms. The fraction of sp³-hybridized carbons (Fsp3) is 0.667. The molecular formula is C6H11N2O5P. The van der Waals surface area contributed by atoms with E-state index in [9.17, 15) is 14.2 Å². The van der Waals surface area contributed by atoms with E-state index in [-0.39, 0.29) is 12.9 Å². The number of carboxylic acid groups (broad SMARTS) is 1. The summed E-state index contributed by atoms with van der Waals surface area (Å²) in [5.74, 6) is -0.451. The normalized spacial score (nSPS) is 22.8. The largest absolute Gasteiger partial charge is 0.465 e. The molecule has 2 N–H and O–H groups in total. The number of methoxy groups -OCH3 is 1. The lowest BCUT2D eigenvalue weighted by Gasteiger charge is -2.36. The molecule has 1 fully saturated rings. The van der Waals surface area contributed by atoms with Crippen LogP contribution in [0.5, 0.6) is 0 Å². The van der Waals surface area contributed by atoms with Crippen molar-refractivity contribution in [1.82, 2.24) is 9.99 Å². The lowest BCUT2D eigenvalue weighted by atomic mass is 10.2. The Kier molecular flexibility index (Phi) is 3.49. The number of nitrogens with one attached hydrogen (secondary N) is 1. The first-order chi connectivity index (χ1) is 6.56. The zero-order valence-corrected chi connectivity index (χ0v) is 8.52. The summed E-state index contributed by atoms with van der Waals surface area (Å²) < 4.78 is 17.0. The molecule has 0 saturated carbocycles. The van der Waals surface area contributed by atoms with Gasteiger partial charge in [0.2, 0.25) is 0 Å². The smallest absolute Gasteiger partial charge is 0.405 e. The molecule has 0 aromatic heterocycles. The third kappa shape index (κ3) is 2.24. The van der Waals surface area contributed by atoms with Gasteiger partial charge >= 0.3 is 6.09 Å². The summed E-state index contributed by atoms with van der Waals surface area (Å²) in [7, 11) is -0.831. The maximum absolute atomic E-state index is 11.3. The van der Waals surface area contributed by atoms with E-state index >= 15 is 0 Å². The van der Waals surface area contributed by atoms with Crippen molar-refractivity contribution in [2.24, 2.45) is 0 Å². The van der Waals surface area contributed by atoms with Crippen LogP contribution in [-0.2, 0) is 14.1 Å². The monoisotopic (exact) mass is 222 g/mol. The van der Waals surface area contributed by atoms with Crippen LogP contribution in [0.2, 0.25) is 0 Å². The number of carbonyl (C=O) groups excluding carboxylic acids is 1. The summed E-state index contributed by atoms with van der Waals surface area (Å²) in [6.45, 7) is 0.159. The minimum absolute atomic E-state index is 0.0101. The summed E-state index contributed by atoms with van der Waals surface area (Å²) in [6.07, 6.45) is -1.25. The van der Waals surface area contributed by atoms with E-state index in [4.69, 9.17) is 5.11 Å². The number of nitrogens with zero attached hydrogens (tertiary/aromatic N) is 1. The Morgan fingerprint density at radius 1 is 1.86 bits per heavy atom. The molecule has 0 bridgehead atoms. The fourth-order valence-corrected chi connectivity index (χ4v) is 2.30. The number of hydrogen-bond acceptors (Lipinski definition) is 4. The maximum Gasteiger partial charge on any atom is 0.405 e. The molecule has 2 unspecified atom stereocenters. The molecular weight excluding hydrogens is 211 g/mol. The second kappa shape index (κ2) is 4.43. The molecule has 80 valence electrons. The van der Waals surface area contributed by atoms with Crippen molar-refractivity contribution in [3.63, 3.8) is 0 Å². The first-order valence-electron chi connectivity index (χ1n) is 3.89. The second-order valence-electron chi connectivity index (χ2n) is 2.78. The van der Waals surface area contributed by atoms with E-state index in [0.717, 1.165) is 4.67 Å². The standard InChI is InChI=1S/C6H11N2O5P/c1-13-3-14(12)8-2-4(5(8)9)7-6(10)11/h4,7,14H,2-3H2,1H3,(H,10,11). The van der Waals surface area contributed by atoms with Crippen LogP contribution in [-0.4, -0.2) is 47.8 Å². The number of hydrogen-bond donors (Lipinski definition) is 2. The molecule has 0 aromatic carbocycles. The van der Waals surface area contributed by atoms with E-state index in [0.29, 0.717) is 0 Å². The quantitative estimate of drug-likeness (QED) is 0.495. The van der Waals surface area contributed by atoms with Gasteiger partial charge in [-0.05, 0) is 0 Å². The van der Waals surface area contributed by atoms with Crippen LogP contribution in [0.4, 0.5) is 4.79 Å². The van der Waals surface area contributed by atoms with Crippen molar-refractivity contribution in [3.8, 4) is 0 Å². The predicted molar refractivity (Wildman–Crippen MR) is 47.5 cm³/mol. The van der Waals surface area contributed by atoms with Crippen molar-refractivity contribution in [2.45, 2.75) is 6.04 Å². The molecule has 0 aliphatic carbocycles. The highest BCUT2D eigenvalue weighted by Crippen LogP contribution is 2.32. The summed E-state index contributed by atoms with van der Waals surface area (Å²) in [6, 6.07) is -0.752. The summed E-state index contributed by atoms with van der Waals surface area (Å²) in [5.41, 5.74) is 0. The van der Waals surface area contributed by atoms with Gasteiger partial charge in [0.15, 0.2) is 7.95 Å². The van der Waals surface area contributed by atoms with Crippen LogP contribution in [0.15, 0.2) is 0 Å². The van der Waals surface area contributed by atoms with Gasteiger partial charge in [0, 0.05) is 7.11 Å². The lowest BCUT2D eigenvalue weighted by Crippen LogP contribution is -2.61. The van der Waals surface area contributed by atoms with E-state index in [1.165, 1.54) is 7.11 Å². The van der Waals surface area contributed by atoms with Gasteiger partial charge in [-0.3, -0.25) is 9.46 Å². The molecule has 1 aliphatic heterocycles. The first kappa shape index (κ1) is 11.0. The van der Waals surface area contributed by atoms with Gasteiger partial charge in [-0.2, -0.15) is 0 Å². The average Bonchev–Trinajstić information content (AvgIpc) is 2.11. The number of β-lactam (4-membered cyclic amide) rings is 1. The Bertz CT molecular complexity index is 281. The van der Waals surface area contributed by atoms with Crippen molar-refractivity contribution in [2.75, 3.05) is 20.0 Å². The van der Waals surface area contributed by atoms with Gasteiger partial charge in [-0.25, -0.2) is 4.79 Å². The van der Waals surface area contributed by atoms with Crippen LogP contribution in [0.3, 0.4) is 0 Å². The van der Waals surface area contributed by atoms with Gasteiger partial charge in [-0.1, -0.05) is 0 Å². The Labute approximate surface area is 80.9 Å². The molecule has 0 radical (unpaired) electrons. The zero-order chi connectivity index (χ0) is 10.7. The lowest BCUT2D eigenvalue weighted by molar-refractivity contribution is -0.136. The van der Waals surface area contributed by atoms with Gasteiger partial charge in [0.25, 0.3) is 5.91 Å². The van der Waals surface area contributed by atoms with Crippen molar-refractivity contribution >= 4 is 20.0 Å². The van der Waals surface area contributed by atoms with Crippen LogP contribution in [0, 0.1) is 0 Å². The van der Waals surface area contributed by atoms with Crippen molar-refractivity contribution < 1.29 is 24.0 Å². The molecule has 2 amide bonds. The molecule has 1 aliphatic rings. The number of amides is 2. The minimum Gasteiger partial charge on any atom is -0.465 e. The van der Waals surface area contributed by atoms with Crippen LogP contribution in [0.25, 0.3) is 0 Å². The highest BCUT2D eigenvalue weighted by atomic mass is 31.1. The van der Waals surface area contributed by atoms with Gasteiger partial charge in [-0.15, -0.1) is 0 Å². The maximum atomic E-state index is 11.3. The highest BCUT2D eigenvalue weighted by Gasteiger charge is 2.40. The molecule has 0 spiro atoms. The third-order valence-electron chi connectivity index (χ3n) is 1.80. The second-order valence-corrected chi connectivity index (χ2v) is 4.39. The molecule has 7 nitrogen and oxygen atoms in total. The fourth-order valence-electron chi connectivity index (χ4n) is 1.11. The predicted octanol–water partition coefficient (Wildman–Crippen LogP) is -0.457. The summed E-state index contributed by atoms with van der Waals surface area (Å²) >= 11 is 0. The number of ether oxygens (including phenoxy) is 1. The average molecular weight is 222 g/mol. The molecule has 1 heterocycles. The molecule has 2 atom stereocenters. The van der Waals surface area contributed by atoms with Crippen molar-refractivity contribution in [3.05, 3.63) is 0 Å². The van der Waals surface area contributed by atoms with Crippen LogP contribution in [0.1, 0.15) is 0 Å². The first-order valence-corrected chi connectivity index (χ1v) is 5.45. The van der Waals surface area contributed by atoms with E-state index < -0.39 is 26.0 Å². The van der Waals surface area contributed by atoms with Gasteiger partial charge in [0.05, 0.1) is 6.54 Å². The minimum atomic E-state index is -2.22. The SMILES string of the molecule is COC[PH](=O)N1CC(NC(=O)O)C1=O. The van der Waals surface area contributed by atoms with Gasteiger partial charge < -0.3 is 19.7 Å². The summed E-state index contributed by atoms with van der Waals surface area (Å²) in [5, 5.41) is 10.3. The topological polar surface area (TPSA) is 95.9 Å². The van der Waals surface area contributed by atoms with Crippen LogP contribution < -0.4 is 5.32 Å². The third-order valence-corrected chi connectivity index (χ3v) is 3.34. The van der Waals surface area contributed by atoms with E-state index in [1.54, 1.807) is 0 Å². The Morgan fingerprint density at radius 3 is 2.93 bits per heavy atom.